The summed E-state index contributed by atoms with van der Waals surface area (Å²) in [6.45, 7) is 0.195. The Kier molecular flexibility index (Phi) is 7.76. The molecule has 0 bridgehead atoms. The fourth-order valence-electron chi connectivity index (χ4n) is 3.91. The average molecular weight is 512 g/mol. The molecule has 7 nitrogen and oxygen atoms in total. The van der Waals surface area contributed by atoms with Crippen LogP contribution in [0.5, 0.6) is 5.75 Å². The number of ether oxygens (including phenoxy) is 1. The van der Waals surface area contributed by atoms with Crippen molar-refractivity contribution in [2.24, 2.45) is 5.92 Å². The van der Waals surface area contributed by atoms with Gasteiger partial charge in [-0.1, -0.05) is 47.7 Å². The van der Waals surface area contributed by atoms with Gasteiger partial charge in [-0.3, -0.25) is 9.59 Å². The third kappa shape index (κ3) is 6.87. The van der Waals surface area contributed by atoms with Crippen LogP contribution in [-0.2, 0) is 16.2 Å². The zero-order chi connectivity index (χ0) is 26.4. The number of carbonyl (C=O) groups is 2. The number of aliphatic carboxylic acids is 1. The SMILES string of the molecule is O=C(O)C[C@@H](c1ccc(OCc2cccc(NC(=O)C3=CCC(C(F)(F)F)C=C3)c2)cc1)c1ccon1. The van der Waals surface area contributed by atoms with Crippen molar-refractivity contribution in [3.05, 3.63) is 101 Å². The number of benzene rings is 2. The first-order valence-electron chi connectivity index (χ1n) is 11.4. The second kappa shape index (κ2) is 11.2. The van der Waals surface area contributed by atoms with Crippen LogP contribution in [0.4, 0.5) is 18.9 Å². The third-order valence-corrected chi connectivity index (χ3v) is 5.85. The monoisotopic (exact) mass is 512 g/mol. The highest BCUT2D eigenvalue weighted by Gasteiger charge is 2.38. The molecule has 0 aliphatic heterocycles. The molecular formula is C27H23F3N2O5. The Bertz CT molecular complexity index is 1300. The standard InChI is InChI=1S/C27H23F3N2O5/c28-27(29,30)20-8-4-19(5-9-20)26(35)31-21-3-1-2-17(14-21)16-36-22-10-6-18(7-11-22)23(15-25(33)34)24-12-13-37-32-24/h1-8,10-14,20,23H,9,15-16H2,(H,31,35)(H,33,34)/t20?,23-/m0/s1. The highest BCUT2D eigenvalue weighted by molar-refractivity contribution is 6.05. The minimum absolute atomic E-state index is 0.138. The number of amides is 1. The van der Waals surface area contributed by atoms with Crippen LogP contribution < -0.4 is 10.1 Å². The molecule has 2 atom stereocenters. The van der Waals surface area contributed by atoms with E-state index in [0.717, 1.165) is 17.2 Å². The Labute approximate surface area is 210 Å². The van der Waals surface area contributed by atoms with Crippen LogP contribution >= 0.6 is 0 Å². The van der Waals surface area contributed by atoms with Gasteiger partial charge in [0.25, 0.3) is 5.91 Å². The van der Waals surface area contributed by atoms with E-state index in [1.165, 1.54) is 18.4 Å². The molecule has 0 spiro atoms. The van der Waals surface area contributed by atoms with E-state index in [1.54, 1.807) is 48.5 Å². The van der Waals surface area contributed by atoms with Crippen molar-refractivity contribution in [3.63, 3.8) is 0 Å². The van der Waals surface area contributed by atoms with E-state index in [9.17, 15) is 27.9 Å². The smallest absolute Gasteiger partial charge is 0.395 e. The number of hydrogen-bond acceptors (Lipinski definition) is 5. The van der Waals surface area contributed by atoms with Gasteiger partial charge < -0.3 is 19.7 Å². The van der Waals surface area contributed by atoms with Gasteiger partial charge in [0.1, 0.15) is 18.6 Å². The first-order chi connectivity index (χ1) is 17.7. The van der Waals surface area contributed by atoms with E-state index < -0.39 is 29.9 Å². The number of hydrogen-bond donors (Lipinski definition) is 2. The van der Waals surface area contributed by atoms with Crippen LogP contribution in [0, 0.1) is 5.92 Å². The number of anilines is 1. The van der Waals surface area contributed by atoms with Crippen molar-refractivity contribution in [1.82, 2.24) is 5.16 Å². The topological polar surface area (TPSA) is 102 Å². The van der Waals surface area contributed by atoms with Crippen molar-refractivity contribution < 1.29 is 37.1 Å². The molecule has 4 rings (SSSR count). The molecule has 1 aliphatic rings. The van der Waals surface area contributed by atoms with Crippen molar-refractivity contribution in [2.45, 2.75) is 31.5 Å². The van der Waals surface area contributed by atoms with Crippen LogP contribution in [0.3, 0.4) is 0 Å². The maximum Gasteiger partial charge on any atom is 0.395 e. The van der Waals surface area contributed by atoms with Gasteiger partial charge in [0.2, 0.25) is 0 Å². The Morgan fingerprint density at radius 1 is 1.16 bits per heavy atom. The van der Waals surface area contributed by atoms with Crippen LogP contribution in [0.2, 0.25) is 0 Å². The first-order valence-corrected chi connectivity index (χ1v) is 11.4. The first kappa shape index (κ1) is 25.7. The molecule has 37 heavy (non-hydrogen) atoms. The molecule has 0 saturated carbocycles. The summed E-state index contributed by atoms with van der Waals surface area (Å²) in [5.41, 5.74) is 2.70. The second-order valence-electron chi connectivity index (χ2n) is 8.49. The summed E-state index contributed by atoms with van der Waals surface area (Å²) in [6.07, 6.45) is 0.127. The number of nitrogens with one attached hydrogen (secondary N) is 1. The number of carboxylic acid groups (broad SMARTS) is 1. The van der Waals surface area contributed by atoms with E-state index in [2.05, 4.69) is 10.5 Å². The predicted octanol–water partition coefficient (Wildman–Crippen LogP) is 5.86. The number of halogens is 3. The van der Waals surface area contributed by atoms with Gasteiger partial charge in [-0.15, -0.1) is 0 Å². The normalized spacial score (nSPS) is 16.1. The summed E-state index contributed by atoms with van der Waals surface area (Å²) in [7, 11) is 0. The summed E-state index contributed by atoms with van der Waals surface area (Å²) in [4.78, 5) is 23.7. The quantitative estimate of drug-likeness (QED) is 0.372. The molecule has 0 radical (unpaired) electrons. The van der Waals surface area contributed by atoms with Gasteiger partial charge in [-0.25, -0.2) is 0 Å². The number of carboxylic acids is 1. The van der Waals surface area contributed by atoms with Crippen LogP contribution in [-0.4, -0.2) is 28.3 Å². The Morgan fingerprint density at radius 3 is 2.57 bits per heavy atom. The summed E-state index contributed by atoms with van der Waals surface area (Å²) in [5.74, 6) is -2.93. The number of aromatic nitrogens is 1. The van der Waals surface area contributed by atoms with Gasteiger partial charge in [0.05, 0.1) is 18.0 Å². The molecular weight excluding hydrogens is 489 g/mol. The predicted molar refractivity (Wildman–Crippen MR) is 128 cm³/mol. The maximum atomic E-state index is 12.8. The van der Waals surface area contributed by atoms with E-state index in [1.807, 2.05) is 6.07 Å². The Hall–Kier alpha value is -4.34. The summed E-state index contributed by atoms with van der Waals surface area (Å²) in [6, 6.07) is 15.6. The summed E-state index contributed by atoms with van der Waals surface area (Å²) in [5, 5.41) is 15.8. The van der Waals surface area contributed by atoms with Gasteiger partial charge in [-0.2, -0.15) is 13.2 Å². The summed E-state index contributed by atoms with van der Waals surface area (Å²) < 4.78 is 49.1. The molecule has 0 saturated heterocycles. The lowest BCUT2D eigenvalue weighted by atomic mass is 9.92. The zero-order valence-electron chi connectivity index (χ0n) is 19.4. The van der Waals surface area contributed by atoms with Crippen molar-refractivity contribution in [2.75, 3.05) is 5.32 Å². The number of alkyl halides is 3. The van der Waals surface area contributed by atoms with Gasteiger partial charge in [0.15, 0.2) is 0 Å². The van der Waals surface area contributed by atoms with E-state index in [-0.39, 0.29) is 25.0 Å². The second-order valence-corrected chi connectivity index (χ2v) is 8.49. The van der Waals surface area contributed by atoms with Crippen LogP contribution in [0.1, 0.15) is 35.6 Å². The molecule has 1 unspecified atom stereocenters. The number of rotatable bonds is 9. The zero-order valence-corrected chi connectivity index (χ0v) is 19.4. The molecule has 1 amide bonds. The van der Waals surface area contributed by atoms with E-state index >= 15 is 0 Å². The van der Waals surface area contributed by atoms with Crippen LogP contribution in [0.25, 0.3) is 0 Å². The molecule has 3 aromatic rings. The van der Waals surface area contributed by atoms with Gasteiger partial charge >= 0.3 is 12.1 Å². The van der Waals surface area contributed by atoms with E-state index in [0.29, 0.717) is 17.1 Å². The number of nitrogens with zero attached hydrogens (tertiary/aromatic N) is 1. The maximum absolute atomic E-state index is 12.8. The molecule has 2 aromatic carbocycles. The molecule has 192 valence electrons. The highest BCUT2D eigenvalue weighted by Crippen LogP contribution is 2.33. The lowest BCUT2D eigenvalue weighted by Crippen LogP contribution is -2.23. The van der Waals surface area contributed by atoms with Crippen molar-refractivity contribution in [1.29, 1.82) is 0 Å². The Balaban J connectivity index is 1.35. The molecule has 0 fully saturated rings. The molecule has 1 aliphatic carbocycles. The molecule has 1 heterocycles. The van der Waals surface area contributed by atoms with Gasteiger partial charge in [-0.05, 0) is 41.8 Å². The Morgan fingerprint density at radius 2 is 1.95 bits per heavy atom. The fraction of sp³-hybridized carbons (Fsp3) is 0.222. The minimum Gasteiger partial charge on any atom is -0.489 e. The van der Waals surface area contributed by atoms with E-state index in [4.69, 9.17) is 9.26 Å². The largest absolute Gasteiger partial charge is 0.489 e. The minimum atomic E-state index is -4.33. The highest BCUT2D eigenvalue weighted by atomic mass is 19.4. The fourth-order valence-corrected chi connectivity index (χ4v) is 3.91. The summed E-state index contributed by atoms with van der Waals surface area (Å²) >= 11 is 0. The van der Waals surface area contributed by atoms with Gasteiger partial charge in [0, 0.05) is 23.2 Å². The number of carbonyl (C=O) groups excluding carboxylic acids is 1. The molecule has 2 N–H and O–H groups in total. The molecule has 1 aromatic heterocycles. The van der Waals surface area contributed by atoms with Crippen molar-refractivity contribution >= 4 is 17.6 Å². The molecule has 10 heteroatoms. The van der Waals surface area contributed by atoms with Crippen molar-refractivity contribution in [3.8, 4) is 5.75 Å². The third-order valence-electron chi connectivity index (χ3n) is 5.85. The lowest BCUT2D eigenvalue weighted by molar-refractivity contribution is -0.160. The average Bonchev–Trinajstić information content (AvgIpc) is 3.41. The number of allylic oxidation sites excluding steroid dienone is 2. The van der Waals surface area contributed by atoms with Crippen LogP contribution in [0.15, 0.2) is 89.2 Å². The lowest BCUT2D eigenvalue weighted by Gasteiger charge is -2.18.